The molecule has 2 heteroatoms. The van der Waals surface area contributed by atoms with Gasteiger partial charge in [-0.15, -0.1) is 0 Å². The molecule has 0 aromatic rings. The van der Waals surface area contributed by atoms with Gasteiger partial charge in [0.05, 0.1) is 12.2 Å². The van der Waals surface area contributed by atoms with Gasteiger partial charge in [-0.3, -0.25) is 0 Å². The van der Waals surface area contributed by atoms with Crippen molar-refractivity contribution in [2.75, 3.05) is 6.61 Å². The third kappa shape index (κ3) is 4.10. The fourth-order valence-electron chi connectivity index (χ4n) is 1.73. The number of aliphatic hydroxyl groups is 1. The Hall–Kier alpha value is -0.0800. The maximum absolute atomic E-state index is 9.31. The Morgan fingerprint density at radius 1 is 1.31 bits per heavy atom. The molecule has 0 bridgehead atoms. The average Bonchev–Trinajstić information content (AvgIpc) is 2.16. The van der Waals surface area contributed by atoms with Gasteiger partial charge in [-0.25, -0.2) is 0 Å². The van der Waals surface area contributed by atoms with Crippen molar-refractivity contribution < 1.29 is 9.84 Å². The van der Waals surface area contributed by atoms with E-state index in [0.29, 0.717) is 12.0 Å². The van der Waals surface area contributed by atoms with Crippen LogP contribution in [0.1, 0.15) is 46.0 Å². The second-order valence-electron chi connectivity index (χ2n) is 4.23. The van der Waals surface area contributed by atoms with Gasteiger partial charge in [0.25, 0.3) is 0 Å². The minimum absolute atomic E-state index is 0.0418. The lowest BCUT2D eigenvalue weighted by Crippen LogP contribution is -2.23. The Morgan fingerprint density at radius 3 is 2.46 bits per heavy atom. The highest BCUT2D eigenvalue weighted by Crippen LogP contribution is 2.24. The average molecular weight is 186 g/mol. The molecule has 13 heavy (non-hydrogen) atoms. The lowest BCUT2D eigenvalue weighted by molar-refractivity contribution is 0.0140. The summed E-state index contributed by atoms with van der Waals surface area (Å²) in [7, 11) is 0. The fourth-order valence-corrected chi connectivity index (χ4v) is 1.73. The minimum atomic E-state index is -0.0418. The molecule has 1 fully saturated rings. The van der Waals surface area contributed by atoms with Crippen molar-refractivity contribution in [2.45, 2.75) is 58.2 Å². The molecule has 0 aromatic carbocycles. The number of hydrogen-bond acceptors (Lipinski definition) is 2. The quantitative estimate of drug-likeness (QED) is 0.730. The van der Waals surface area contributed by atoms with Crippen molar-refractivity contribution >= 4 is 0 Å². The molecule has 0 amide bonds. The van der Waals surface area contributed by atoms with Gasteiger partial charge in [0.2, 0.25) is 0 Å². The standard InChI is InChI=1S/C11H22O2/c1-3-9(2)13-8-10-4-6-11(12)7-5-10/h9-12H,3-8H2,1-2H3. The molecule has 0 radical (unpaired) electrons. The van der Waals surface area contributed by atoms with Gasteiger partial charge < -0.3 is 9.84 Å². The lowest BCUT2D eigenvalue weighted by Gasteiger charge is -2.26. The number of hydrogen-bond donors (Lipinski definition) is 1. The van der Waals surface area contributed by atoms with E-state index in [1.165, 1.54) is 0 Å². The molecule has 0 aliphatic heterocycles. The van der Waals surface area contributed by atoms with Crippen LogP contribution in [0.25, 0.3) is 0 Å². The first-order valence-corrected chi connectivity index (χ1v) is 5.52. The molecule has 1 saturated carbocycles. The van der Waals surface area contributed by atoms with E-state index < -0.39 is 0 Å². The Labute approximate surface area is 81.3 Å². The van der Waals surface area contributed by atoms with E-state index in [0.717, 1.165) is 38.7 Å². The van der Waals surface area contributed by atoms with E-state index in [2.05, 4.69) is 13.8 Å². The van der Waals surface area contributed by atoms with E-state index in [-0.39, 0.29) is 6.10 Å². The van der Waals surface area contributed by atoms with Crippen molar-refractivity contribution in [1.29, 1.82) is 0 Å². The van der Waals surface area contributed by atoms with Gasteiger partial charge in [-0.05, 0) is 44.9 Å². The fraction of sp³-hybridized carbons (Fsp3) is 1.00. The van der Waals surface area contributed by atoms with Crippen LogP contribution in [0.3, 0.4) is 0 Å². The molecule has 2 nitrogen and oxygen atoms in total. The monoisotopic (exact) mass is 186 g/mol. The first kappa shape index (κ1) is 11.0. The number of rotatable bonds is 4. The van der Waals surface area contributed by atoms with Crippen LogP contribution in [0.15, 0.2) is 0 Å². The maximum atomic E-state index is 9.31. The van der Waals surface area contributed by atoms with Crippen LogP contribution < -0.4 is 0 Å². The molecule has 1 aliphatic rings. The molecular weight excluding hydrogens is 164 g/mol. The zero-order chi connectivity index (χ0) is 9.68. The molecule has 1 atom stereocenters. The summed E-state index contributed by atoms with van der Waals surface area (Å²) in [6.45, 7) is 5.16. The summed E-state index contributed by atoms with van der Waals surface area (Å²) in [6, 6.07) is 0. The summed E-state index contributed by atoms with van der Waals surface area (Å²) in [4.78, 5) is 0. The van der Waals surface area contributed by atoms with Crippen molar-refractivity contribution in [2.24, 2.45) is 5.92 Å². The first-order valence-electron chi connectivity index (χ1n) is 5.52. The van der Waals surface area contributed by atoms with Crippen LogP contribution in [-0.2, 0) is 4.74 Å². The number of ether oxygens (including phenoxy) is 1. The molecule has 78 valence electrons. The molecule has 0 spiro atoms. The second-order valence-corrected chi connectivity index (χ2v) is 4.23. The maximum Gasteiger partial charge on any atom is 0.0544 e. The highest BCUT2D eigenvalue weighted by Gasteiger charge is 2.19. The van der Waals surface area contributed by atoms with E-state index >= 15 is 0 Å². The molecule has 1 unspecified atom stereocenters. The van der Waals surface area contributed by atoms with Crippen LogP contribution in [0.2, 0.25) is 0 Å². The predicted octanol–water partition coefficient (Wildman–Crippen LogP) is 2.35. The summed E-state index contributed by atoms with van der Waals surface area (Å²) in [5.74, 6) is 0.692. The van der Waals surface area contributed by atoms with E-state index in [4.69, 9.17) is 4.74 Å². The van der Waals surface area contributed by atoms with E-state index in [9.17, 15) is 5.11 Å². The number of aliphatic hydroxyl groups excluding tert-OH is 1. The molecule has 1 rings (SSSR count). The van der Waals surface area contributed by atoms with Crippen LogP contribution in [0.5, 0.6) is 0 Å². The minimum Gasteiger partial charge on any atom is -0.393 e. The van der Waals surface area contributed by atoms with Crippen molar-refractivity contribution in [3.8, 4) is 0 Å². The molecule has 0 heterocycles. The largest absolute Gasteiger partial charge is 0.393 e. The Balaban J connectivity index is 2.08. The van der Waals surface area contributed by atoms with E-state index in [1.54, 1.807) is 0 Å². The Morgan fingerprint density at radius 2 is 1.92 bits per heavy atom. The Bertz CT molecular complexity index is 128. The van der Waals surface area contributed by atoms with Crippen LogP contribution in [0, 0.1) is 5.92 Å². The topological polar surface area (TPSA) is 29.5 Å². The molecule has 1 aliphatic carbocycles. The third-order valence-corrected chi connectivity index (χ3v) is 3.01. The summed E-state index contributed by atoms with van der Waals surface area (Å²) >= 11 is 0. The normalized spacial score (nSPS) is 31.6. The molecular formula is C11H22O2. The van der Waals surface area contributed by atoms with Crippen LogP contribution >= 0.6 is 0 Å². The summed E-state index contributed by atoms with van der Waals surface area (Å²) < 4.78 is 5.68. The van der Waals surface area contributed by atoms with Gasteiger partial charge in [-0.1, -0.05) is 6.92 Å². The summed E-state index contributed by atoms with van der Waals surface area (Å²) in [6.07, 6.45) is 5.65. The van der Waals surface area contributed by atoms with Gasteiger partial charge in [0.1, 0.15) is 0 Å². The highest BCUT2D eigenvalue weighted by molar-refractivity contribution is 4.71. The van der Waals surface area contributed by atoms with Gasteiger partial charge >= 0.3 is 0 Å². The molecule has 1 N–H and O–H groups in total. The van der Waals surface area contributed by atoms with Crippen molar-refractivity contribution in [3.05, 3.63) is 0 Å². The summed E-state index contributed by atoms with van der Waals surface area (Å²) in [5.41, 5.74) is 0. The lowest BCUT2D eigenvalue weighted by atomic mass is 9.88. The third-order valence-electron chi connectivity index (χ3n) is 3.01. The van der Waals surface area contributed by atoms with Gasteiger partial charge in [0.15, 0.2) is 0 Å². The molecule has 0 saturated heterocycles. The molecule has 0 aromatic heterocycles. The van der Waals surface area contributed by atoms with Crippen LogP contribution in [0.4, 0.5) is 0 Å². The zero-order valence-corrected chi connectivity index (χ0v) is 8.83. The van der Waals surface area contributed by atoms with Gasteiger partial charge in [0, 0.05) is 6.61 Å². The SMILES string of the molecule is CCC(C)OCC1CCC(O)CC1. The van der Waals surface area contributed by atoms with Crippen LogP contribution in [-0.4, -0.2) is 23.9 Å². The smallest absolute Gasteiger partial charge is 0.0544 e. The predicted molar refractivity (Wildman–Crippen MR) is 53.7 cm³/mol. The van der Waals surface area contributed by atoms with Crippen molar-refractivity contribution in [1.82, 2.24) is 0 Å². The summed E-state index contributed by atoms with van der Waals surface area (Å²) in [5, 5.41) is 9.31. The Kier molecular flexibility index (Phi) is 4.74. The highest BCUT2D eigenvalue weighted by atomic mass is 16.5. The van der Waals surface area contributed by atoms with Crippen molar-refractivity contribution in [3.63, 3.8) is 0 Å². The van der Waals surface area contributed by atoms with Gasteiger partial charge in [-0.2, -0.15) is 0 Å². The second kappa shape index (κ2) is 5.61. The zero-order valence-electron chi connectivity index (χ0n) is 8.83. The van der Waals surface area contributed by atoms with E-state index in [1.807, 2.05) is 0 Å². The first-order chi connectivity index (χ1) is 6.22.